The molecule has 9 heteroatoms. The predicted molar refractivity (Wildman–Crippen MR) is 128 cm³/mol. The second-order valence-electron chi connectivity index (χ2n) is 8.26. The van der Waals surface area contributed by atoms with Gasteiger partial charge in [0.25, 0.3) is 17.7 Å². The third-order valence-electron chi connectivity index (χ3n) is 5.76. The second-order valence-corrected chi connectivity index (χ2v) is 8.26. The van der Waals surface area contributed by atoms with Crippen LogP contribution >= 0.6 is 0 Å². The third kappa shape index (κ3) is 6.18. The number of primary amides is 1. The molecule has 0 bridgehead atoms. The highest BCUT2D eigenvalue weighted by atomic mass is 16.5. The van der Waals surface area contributed by atoms with Crippen LogP contribution in [0.4, 0.5) is 5.69 Å². The molecule has 182 valence electrons. The van der Waals surface area contributed by atoms with Crippen molar-refractivity contribution in [1.82, 2.24) is 5.32 Å². The number of anilines is 1. The summed E-state index contributed by atoms with van der Waals surface area (Å²) < 4.78 is 16.0. The first kappa shape index (κ1) is 24.9. The summed E-state index contributed by atoms with van der Waals surface area (Å²) in [5, 5.41) is 5.95. The molecule has 3 rings (SSSR count). The fourth-order valence-electron chi connectivity index (χ4n) is 3.95. The number of nitrogens with two attached hydrogens (primary N) is 1. The van der Waals surface area contributed by atoms with Crippen molar-refractivity contribution in [2.75, 3.05) is 26.1 Å². The van der Waals surface area contributed by atoms with E-state index in [4.69, 9.17) is 19.9 Å². The lowest BCUT2D eigenvalue weighted by Crippen LogP contribution is -2.36. The normalized spacial score (nSPS) is 13.6. The molecule has 0 spiro atoms. The van der Waals surface area contributed by atoms with E-state index in [0.717, 1.165) is 31.2 Å². The molecule has 1 aliphatic carbocycles. The molecule has 0 aliphatic heterocycles. The van der Waals surface area contributed by atoms with Gasteiger partial charge in [-0.1, -0.05) is 19.3 Å². The Morgan fingerprint density at radius 1 is 0.941 bits per heavy atom. The quantitative estimate of drug-likeness (QED) is 0.517. The summed E-state index contributed by atoms with van der Waals surface area (Å²) in [5.74, 6) is -0.550. The standard InChI is InChI=1S/C25H31N3O6/c1-15-11-16(24(30)27-18-7-5-4-6-8-18)9-10-19(15)28-25(31)17-12-20(32-2)23(21(13-17)33-3)34-14-22(26)29/h9-13,18H,4-8,14H2,1-3H3,(H2,26,29)(H,27,30)(H,28,31). The molecule has 1 saturated carbocycles. The van der Waals surface area contributed by atoms with Gasteiger partial charge < -0.3 is 30.6 Å². The topological polar surface area (TPSA) is 129 Å². The summed E-state index contributed by atoms with van der Waals surface area (Å²) in [6, 6.07) is 8.35. The lowest BCUT2D eigenvalue weighted by atomic mass is 9.95. The molecule has 34 heavy (non-hydrogen) atoms. The largest absolute Gasteiger partial charge is 0.493 e. The average Bonchev–Trinajstić information content (AvgIpc) is 2.83. The van der Waals surface area contributed by atoms with Gasteiger partial charge in [0.05, 0.1) is 14.2 Å². The molecule has 0 heterocycles. The highest BCUT2D eigenvalue weighted by Crippen LogP contribution is 2.38. The van der Waals surface area contributed by atoms with Crippen molar-refractivity contribution in [3.63, 3.8) is 0 Å². The highest BCUT2D eigenvalue weighted by Gasteiger charge is 2.20. The van der Waals surface area contributed by atoms with Gasteiger partial charge in [0.15, 0.2) is 18.1 Å². The minimum atomic E-state index is -0.655. The van der Waals surface area contributed by atoms with Gasteiger partial charge in [0.2, 0.25) is 5.75 Å². The molecular formula is C25H31N3O6. The van der Waals surface area contributed by atoms with Crippen molar-refractivity contribution in [2.45, 2.75) is 45.1 Å². The Morgan fingerprint density at radius 3 is 2.15 bits per heavy atom. The number of rotatable bonds is 9. The smallest absolute Gasteiger partial charge is 0.255 e. The van der Waals surface area contributed by atoms with E-state index in [1.54, 1.807) is 18.2 Å². The molecule has 2 aromatic rings. The Kier molecular flexibility index (Phi) is 8.34. The zero-order chi connectivity index (χ0) is 24.7. The first-order chi connectivity index (χ1) is 16.3. The van der Waals surface area contributed by atoms with Gasteiger partial charge in [-0.05, 0) is 55.7 Å². The zero-order valence-corrected chi connectivity index (χ0v) is 19.7. The van der Waals surface area contributed by atoms with Gasteiger partial charge in [-0.3, -0.25) is 14.4 Å². The van der Waals surface area contributed by atoms with E-state index in [-0.39, 0.29) is 41.4 Å². The number of ether oxygens (including phenoxy) is 3. The summed E-state index contributed by atoms with van der Waals surface area (Å²) in [7, 11) is 2.82. The van der Waals surface area contributed by atoms with Crippen LogP contribution in [0, 0.1) is 6.92 Å². The van der Waals surface area contributed by atoms with Crippen molar-refractivity contribution in [3.05, 3.63) is 47.0 Å². The number of carbonyl (C=O) groups excluding carboxylic acids is 3. The molecular weight excluding hydrogens is 438 g/mol. The summed E-state index contributed by atoms with van der Waals surface area (Å²) in [6.45, 7) is 1.47. The Hall–Kier alpha value is -3.75. The first-order valence-electron chi connectivity index (χ1n) is 11.2. The number of hydrogen-bond donors (Lipinski definition) is 3. The maximum Gasteiger partial charge on any atom is 0.255 e. The van der Waals surface area contributed by atoms with Crippen molar-refractivity contribution >= 4 is 23.4 Å². The summed E-state index contributed by atoms with van der Waals surface area (Å²) in [6.07, 6.45) is 5.53. The second kappa shape index (κ2) is 11.4. The molecule has 1 aliphatic rings. The van der Waals surface area contributed by atoms with Crippen LogP contribution in [0.3, 0.4) is 0 Å². The first-order valence-corrected chi connectivity index (χ1v) is 11.2. The van der Waals surface area contributed by atoms with E-state index in [9.17, 15) is 14.4 Å². The van der Waals surface area contributed by atoms with Crippen LogP contribution in [0.2, 0.25) is 0 Å². The van der Waals surface area contributed by atoms with Gasteiger partial charge in [-0.25, -0.2) is 0 Å². The Morgan fingerprint density at radius 2 is 1.59 bits per heavy atom. The number of hydrogen-bond acceptors (Lipinski definition) is 6. The van der Waals surface area contributed by atoms with E-state index in [0.29, 0.717) is 11.3 Å². The van der Waals surface area contributed by atoms with Crippen LogP contribution in [-0.4, -0.2) is 44.6 Å². The number of benzene rings is 2. The molecule has 0 unspecified atom stereocenters. The van der Waals surface area contributed by atoms with Crippen molar-refractivity contribution < 1.29 is 28.6 Å². The van der Waals surface area contributed by atoms with Crippen molar-refractivity contribution in [2.24, 2.45) is 5.73 Å². The zero-order valence-electron chi connectivity index (χ0n) is 19.7. The van der Waals surface area contributed by atoms with E-state index >= 15 is 0 Å². The van der Waals surface area contributed by atoms with Crippen LogP contribution in [0.15, 0.2) is 30.3 Å². The fourth-order valence-corrected chi connectivity index (χ4v) is 3.95. The van der Waals surface area contributed by atoms with Crippen LogP contribution in [0.5, 0.6) is 17.2 Å². The maximum absolute atomic E-state index is 12.9. The van der Waals surface area contributed by atoms with Gasteiger partial charge in [-0.15, -0.1) is 0 Å². The molecule has 0 atom stereocenters. The molecule has 9 nitrogen and oxygen atoms in total. The average molecular weight is 470 g/mol. The number of methoxy groups -OCH3 is 2. The SMILES string of the molecule is COc1cc(C(=O)Nc2ccc(C(=O)NC3CCCCC3)cc2C)cc(OC)c1OCC(N)=O. The van der Waals surface area contributed by atoms with Gasteiger partial charge in [-0.2, -0.15) is 0 Å². The fraction of sp³-hybridized carbons (Fsp3) is 0.400. The van der Waals surface area contributed by atoms with Crippen molar-refractivity contribution in [1.29, 1.82) is 0 Å². The number of amides is 3. The Bertz CT molecular complexity index is 1040. The maximum atomic E-state index is 12.9. The van der Waals surface area contributed by atoms with Gasteiger partial charge >= 0.3 is 0 Å². The van der Waals surface area contributed by atoms with Crippen LogP contribution < -0.4 is 30.6 Å². The lowest BCUT2D eigenvalue weighted by Gasteiger charge is -2.23. The van der Waals surface area contributed by atoms with Gasteiger partial charge in [0, 0.05) is 22.9 Å². The van der Waals surface area contributed by atoms with Crippen LogP contribution in [-0.2, 0) is 4.79 Å². The monoisotopic (exact) mass is 469 g/mol. The Labute approximate surface area is 198 Å². The van der Waals surface area contributed by atoms with E-state index in [1.807, 2.05) is 6.92 Å². The number of nitrogens with one attached hydrogen (secondary N) is 2. The number of aryl methyl sites for hydroxylation is 1. The number of carbonyl (C=O) groups is 3. The summed E-state index contributed by atoms with van der Waals surface area (Å²) in [5.41, 5.74) is 7.29. The van der Waals surface area contributed by atoms with Crippen molar-refractivity contribution in [3.8, 4) is 17.2 Å². The van der Waals surface area contributed by atoms with Gasteiger partial charge in [0.1, 0.15) is 0 Å². The highest BCUT2D eigenvalue weighted by molar-refractivity contribution is 6.06. The molecule has 1 fully saturated rings. The minimum absolute atomic E-state index is 0.103. The minimum Gasteiger partial charge on any atom is -0.493 e. The van der Waals surface area contributed by atoms with E-state index < -0.39 is 11.8 Å². The molecule has 0 saturated heterocycles. The molecule has 0 aromatic heterocycles. The molecule has 4 N–H and O–H groups in total. The molecule has 2 aromatic carbocycles. The summed E-state index contributed by atoms with van der Waals surface area (Å²) in [4.78, 5) is 36.6. The van der Waals surface area contributed by atoms with E-state index in [1.165, 1.54) is 32.8 Å². The van der Waals surface area contributed by atoms with E-state index in [2.05, 4.69) is 10.6 Å². The Balaban J connectivity index is 1.74. The lowest BCUT2D eigenvalue weighted by molar-refractivity contribution is -0.120. The third-order valence-corrected chi connectivity index (χ3v) is 5.76. The predicted octanol–water partition coefficient (Wildman–Crippen LogP) is 3.19. The van der Waals surface area contributed by atoms with Crippen LogP contribution in [0.25, 0.3) is 0 Å². The summed E-state index contributed by atoms with van der Waals surface area (Å²) >= 11 is 0. The molecule has 3 amide bonds. The van der Waals surface area contributed by atoms with Crippen LogP contribution in [0.1, 0.15) is 58.4 Å². The molecule has 0 radical (unpaired) electrons.